The molecule has 1 aliphatic rings. The molecule has 3 amide bonds. The van der Waals surface area contributed by atoms with E-state index in [0.29, 0.717) is 29.0 Å². The largest absolute Gasteiger partial charge is 0.484 e. The number of aryl methyl sites for hydroxylation is 1. The number of anilines is 2. The maximum absolute atomic E-state index is 13.9. The lowest BCUT2D eigenvalue weighted by Gasteiger charge is -2.17. The third-order valence-electron chi connectivity index (χ3n) is 5.81. The first-order chi connectivity index (χ1) is 17.3. The van der Waals surface area contributed by atoms with Crippen molar-refractivity contribution in [2.75, 3.05) is 23.4 Å². The number of halogens is 2. The number of carbonyl (C=O) groups excluding carboxylic acids is 3. The molecule has 0 radical (unpaired) electrons. The summed E-state index contributed by atoms with van der Waals surface area (Å²) >= 11 is 3.16. The first-order valence-electron chi connectivity index (χ1n) is 11.4. The molecular weight excluding hydrogens is 529 g/mol. The molecule has 1 saturated heterocycles. The van der Waals surface area contributed by atoms with Gasteiger partial charge in [0.15, 0.2) is 6.61 Å². The number of carbonyl (C=O) groups is 3. The van der Waals surface area contributed by atoms with Gasteiger partial charge in [-0.1, -0.05) is 45.8 Å². The Balaban J connectivity index is 1.27. The van der Waals surface area contributed by atoms with Crippen LogP contribution >= 0.6 is 15.9 Å². The van der Waals surface area contributed by atoms with E-state index in [4.69, 9.17) is 4.74 Å². The van der Waals surface area contributed by atoms with Gasteiger partial charge in [0, 0.05) is 29.7 Å². The van der Waals surface area contributed by atoms with Gasteiger partial charge in [-0.2, -0.15) is 0 Å². The van der Waals surface area contributed by atoms with E-state index >= 15 is 0 Å². The second-order valence-electron chi connectivity index (χ2n) is 8.56. The fraction of sp³-hybridized carbons (Fsp3) is 0.222. The Kier molecular flexibility index (Phi) is 8.00. The number of amides is 3. The summed E-state index contributed by atoms with van der Waals surface area (Å²) in [6.45, 7) is 2.41. The predicted molar refractivity (Wildman–Crippen MR) is 138 cm³/mol. The third-order valence-corrected chi connectivity index (χ3v) is 6.30. The van der Waals surface area contributed by atoms with Gasteiger partial charge in [-0.15, -0.1) is 0 Å². The van der Waals surface area contributed by atoms with Crippen molar-refractivity contribution < 1.29 is 23.5 Å². The number of rotatable bonds is 8. The normalized spacial score (nSPS) is 15.0. The highest BCUT2D eigenvalue weighted by molar-refractivity contribution is 9.10. The van der Waals surface area contributed by atoms with Gasteiger partial charge in [-0.3, -0.25) is 14.4 Å². The summed E-state index contributed by atoms with van der Waals surface area (Å²) in [5.74, 6) is -1.35. The molecule has 186 valence electrons. The van der Waals surface area contributed by atoms with Crippen LogP contribution in [0.3, 0.4) is 0 Å². The Bertz CT molecular complexity index is 1270. The molecule has 0 saturated carbocycles. The molecule has 0 spiro atoms. The van der Waals surface area contributed by atoms with Gasteiger partial charge in [0.1, 0.15) is 11.6 Å². The van der Waals surface area contributed by atoms with Crippen molar-refractivity contribution in [1.29, 1.82) is 0 Å². The van der Waals surface area contributed by atoms with Crippen LogP contribution in [0.4, 0.5) is 15.8 Å². The summed E-state index contributed by atoms with van der Waals surface area (Å²) in [5, 5.41) is 5.37. The highest BCUT2D eigenvalue weighted by Crippen LogP contribution is 2.27. The predicted octanol–water partition coefficient (Wildman–Crippen LogP) is 4.58. The minimum atomic E-state index is -0.556. The first kappa shape index (κ1) is 25.4. The highest BCUT2D eigenvalue weighted by atomic mass is 79.9. The Morgan fingerprint density at radius 2 is 1.81 bits per heavy atom. The molecule has 7 nitrogen and oxygen atoms in total. The zero-order valence-electron chi connectivity index (χ0n) is 19.6. The molecule has 0 aliphatic carbocycles. The van der Waals surface area contributed by atoms with Gasteiger partial charge in [0.05, 0.1) is 11.6 Å². The number of hydrogen-bond acceptors (Lipinski definition) is 4. The molecule has 1 aliphatic heterocycles. The summed E-state index contributed by atoms with van der Waals surface area (Å²) in [5.41, 5.74) is 2.86. The quantitative estimate of drug-likeness (QED) is 0.427. The molecule has 1 fully saturated rings. The molecule has 2 N–H and O–H groups in total. The fourth-order valence-corrected chi connectivity index (χ4v) is 4.15. The van der Waals surface area contributed by atoms with Gasteiger partial charge in [0.25, 0.3) is 5.91 Å². The summed E-state index contributed by atoms with van der Waals surface area (Å²) in [6.07, 6.45) is 0.144. The second kappa shape index (κ2) is 11.3. The van der Waals surface area contributed by atoms with E-state index in [0.717, 1.165) is 11.1 Å². The monoisotopic (exact) mass is 553 g/mol. The molecule has 0 aromatic heterocycles. The van der Waals surface area contributed by atoms with Crippen LogP contribution in [0, 0.1) is 18.7 Å². The Morgan fingerprint density at radius 1 is 1.08 bits per heavy atom. The molecule has 0 bridgehead atoms. The topological polar surface area (TPSA) is 87.7 Å². The molecule has 9 heteroatoms. The van der Waals surface area contributed by atoms with Gasteiger partial charge < -0.3 is 20.3 Å². The van der Waals surface area contributed by atoms with Crippen molar-refractivity contribution in [1.82, 2.24) is 5.32 Å². The van der Waals surface area contributed by atoms with Crippen LogP contribution in [0.2, 0.25) is 0 Å². The van der Waals surface area contributed by atoms with Gasteiger partial charge in [-0.25, -0.2) is 4.39 Å². The van der Waals surface area contributed by atoms with E-state index in [1.165, 1.54) is 12.1 Å². The summed E-state index contributed by atoms with van der Waals surface area (Å²) < 4.78 is 19.9. The minimum Gasteiger partial charge on any atom is -0.484 e. The standard InChI is InChI=1S/C27H25BrFN3O4/c1-17-2-4-18(5-3-17)14-30-27(35)19-12-26(34)32(15-19)21-7-9-22(10-8-21)36-16-25(33)31-24-11-6-20(28)13-23(24)29/h2-11,13,19H,12,14-16H2,1H3,(H,30,35)(H,31,33)/t19-/m1/s1. The van der Waals surface area contributed by atoms with Gasteiger partial charge >= 0.3 is 0 Å². The van der Waals surface area contributed by atoms with E-state index in [1.54, 1.807) is 35.2 Å². The number of ether oxygens (including phenoxy) is 1. The number of benzene rings is 3. The average Bonchev–Trinajstić information content (AvgIpc) is 3.26. The maximum Gasteiger partial charge on any atom is 0.262 e. The zero-order valence-corrected chi connectivity index (χ0v) is 21.2. The zero-order chi connectivity index (χ0) is 25.7. The summed E-state index contributed by atoms with van der Waals surface area (Å²) in [7, 11) is 0. The van der Waals surface area contributed by atoms with Crippen molar-refractivity contribution in [3.8, 4) is 5.75 Å². The molecular formula is C27H25BrFN3O4. The van der Waals surface area contributed by atoms with Crippen molar-refractivity contribution in [2.45, 2.75) is 19.9 Å². The van der Waals surface area contributed by atoms with Crippen LogP contribution in [0.15, 0.2) is 71.2 Å². The van der Waals surface area contributed by atoms with E-state index in [9.17, 15) is 18.8 Å². The first-order valence-corrected chi connectivity index (χ1v) is 12.2. The SMILES string of the molecule is Cc1ccc(CNC(=O)[C@@H]2CC(=O)N(c3ccc(OCC(=O)Nc4ccc(Br)cc4F)cc3)C2)cc1. The van der Waals surface area contributed by atoms with E-state index < -0.39 is 17.6 Å². The van der Waals surface area contributed by atoms with Crippen LogP contribution in [0.25, 0.3) is 0 Å². The highest BCUT2D eigenvalue weighted by Gasteiger charge is 2.35. The van der Waals surface area contributed by atoms with Crippen LogP contribution in [0.5, 0.6) is 5.75 Å². The van der Waals surface area contributed by atoms with E-state index in [-0.39, 0.29) is 30.5 Å². The summed E-state index contributed by atoms with van der Waals surface area (Å²) in [4.78, 5) is 38.8. The van der Waals surface area contributed by atoms with Crippen LogP contribution in [-0.2, 0) is 20.9 Å². The van der Waals surface area contributed by atoms with E-state index in [2.05, 4.69) is 26.6 Å². The second-order valence-corrected chi connectivity index (χ2v) is 9.48. The van der Waals surface area contributed by atoms with Crippen LogP contribution < -0.4 is 20.3 Å². The molecule has 0 unspecified atom stereocenters. The maximum atomic E-state index is 13.9. The Labute approximate surface area is 216 Å². The number of hydrogen-bond donors (Lipinski definition) is 2. The molecule has 3 aromatic carbocycles. The molecule has 4 rings (SSSR count). The minimum absolute atomic E-state index is 0.0622. The van der Waals surface area contributed by atoms with Crippen LogP contribution in [0.1, 0.15) is 17.5 Å². The van der Waals surface area contributed by atoms with E-state index in [1.807, 2.05) is 31.2 Å². The van der Waals surface area contributed by atoms with Crippen molar-refractivity contribution in [3.05, 3.63) is 88.1 Å². The molecule has 36 heavy (non-hydrogen) atoms. The molecule has 1 atom stereocenters. The smallest absolute Gasteiger partial charge is 0.262 e. The molecule has 3 aromatic rings. The van der Waals surface area contributed by atoms with Crippen molar-refractivity contribution in [3.63, 3.8) is 0 Å². The number of nitrogens with zero attached hydrogens (tertiary/aromatic N) is 1. The summed E-state index contributed by atoms with van der Waals surface area (Å²) in [6, 6.07) is 18.9. The van der Waals surface area contributed by atoms with Crippen molar-refractivity contribution >= 4 is 45.0 Å². The van der Waals surface area contributed by atoms with Crippen LogP contribution in [-0.4, -0.2) is 30.9 Å². The van der Waals surface area contributed by atoms with Crippen molar-refractivity contribution in [2.24, 2.45) is 5.92 Å². The fourth-order valence-electron chi connectivity index (χ4n) is 3.82. The average molecular weight is 554 g/mol. The van der Waals surface area contributed by atoms with Gasteiger partial charge in [0.2, 0.25) is 11.8 Å². The lowest BCUT2D eigenvalue weighted by atomic mass is 10.1. The number of nitrogens with one attached hydrogen (secondary N) is 2. The molecule has 1 heterocycles. The third kappa shape index (κ3) is 6.48. The lowest BCUT2D eigenvalue weighted by molar-refractivity contribution is -0.126. The lowest BCUT2D eigenvalue weighted by Crippen LogP contribution is -2.32. The van der Waals surface area contributed by atoms with Gasteiger partial charge in [-0.05, 0) is 55.0 Å². The Hall–Kier alpha value is -3.72. The Morgan fingerprint density at radius 3 is 2.50 bits per heavy atom.